The Balaban J connectivity index is 0. The van der Waals surface area contributed by atoms with Gasteiger partial charge < -0.3 is 15.5 Å². The number of hydrogen-bond donors (Lipinski definition) is 2. The number of carbonyl (C=O) groups is 2. The number of amides is 2. The van der Waals surface area contributed by atoms with Crippen molar-refractivity contribution in [2.75, 3.05) is 65.4 Å². The van der Waals surface area contributed by atoms with E-state index in [2.05, 4.69) is 20.4 Å². The number of nitrogens with one attached hydrogen (secondary N) is 2. The van der Waals surface area contributed by atoms with Crippen LogP contribution in [0.5, 0.6) is 0 Å². The number of piperazine rings is 2. The molecule has 2 saturated heterocycles. The minimum atomic E-state index is -0.196. The van der Waals surface area contributed by atoms with E-state index < -0.39 is 0 Å². The van der Waals surface area contributed by atoms with E-state index in [1.54, 1.807) is 0 Å². The Morgan fingerprint density at radius 2 is 1.35 bits per heavy atom. The molecule has 2 rings (SSSR count). The van der Waals surface area contributed by atoms with Gasteiger partial charge in [0, 0.05) is 57.9 Å². The van der Waals surface area contributed by atoms with Gasteiger partial charge in [0.25, 0.3) is 0 Å². The maximum absolute atomic E-state index is 12.3. The van der Waals surface area contributed by atoms with E-state index in [0.29, 0.717) is 26.2 Å². The highest BCUT2D eigenvalue weighted by molar-refractivity contribution is 5.86. The Hall–Kier alpha value is -0.310. The zero-order chi connectivity index (χ0) is 16.9. The van der Waals surface area contributed by atoms with Gasteiger partial charge in [0.05, 0.1) is 13.1 Å². The molecule has 0 atom stereocenters. The molecule has 0 aromatic carbocycles. The molecule has 2 aliphatic rings. The first-order valence-corrected chi connectivity index (χ1v) is 8.58. The average molecular weight is 435 g/mol. The summed E-state index contributed by atoms with van der Waals surface area (Å²) >= 11 is 0. The Kier molecular flexibility index (Phi) is 13.9. The molecule has 2 aliphatic heterocycles. The molecule has 0 bridgehead atoms. The second kappa shape index (κ2) is 13.0. The summed E-state index contributed by atoms with van der Waals surface area (Å²) in [5, 5.41) is 6.28. The maximum atomic E-state index is 12.3. The minimum absolute atomic E-state index is 0. The van der Waals surface area contributed by atoms with Gasteiger partial charge in [-0.2, -0.15) is 0 Å². The fourth-order valence-corrected chi connectivity index (χ4v) is 2.98. The predicted octanol–water partition coefficient (Wildman–Crippen LogP) is 0.216. The van der Waals surface area contributed by atoms with Crippen molar-refractivity contribution < 1.29 is 9.59 Å². The van der Waals surface area contributed by atoms with Crippen molar-refractivity contribution in [3.63, 3.8) is 0 Å². The van der Waals surface area contributed by atoms with Gasteiger partial charge in [-0.15, -0.1) is 37.2 Å². The number of carbonyl (C=O) groups excluding carboxylic acids is 2. The van der Waals surface area contributed by atoms with Gasteiger partial charge in [0.15, 0.2) is 0 Å². The van der Waals surface area contributed by atoms with Crippen LogP contribution in [0.2, 0.25) is 0 Å². The summed E-state index contributed by atoms with van der Waals surface area (Å²) < 4.78 is 0. The average Bonchev–Trinajstić information content (AvgIpc) is 2.47. The summed E-state index contributed by atoms with van der Waals surface area (Å²) in [6.07, 6.45) is 0. The van der Waals surface area contributed by atoms with E-state index in [1.807, 2.05) is 25.7 Å². The van der Waals surface area contributed by atoms with Gasteiger partial charge in [0.1, 0.15) is 0 Å². The van der Waals surface area contributed by atoms with Crippen molar-refractivity contribution in [2.24, 2.45) is 0 Å². The van der Waals surface area contributed by atoms with Gasteiger partial charge in [-0.05, 0) is 20.8 Å². The van der Waals surface area contributed by atoms with E-state index in [0.717, 1.165) is 39.3 Å². The van der Waals surface area contributed by atoms with Crippen LogP contribution < -0.4 is 10.6 Å². The van der Waals surface area contributed by atoms with Crippen molar-refractivity contribution in [1.29, 1.82) is 0 Å². The highest BCUT2D eigenvalue weighted by atomic mass is 35.5. The molecule has 0 saturated carbocycles. The van der Waals surface area contributed by atoms with Crippen LogP contribution in [0.1, 0.15) is 20.8 Å². The summed E-state index contributed by atoms with van der Waals surface area (Å²) in [6, 6.07) is 0. The zero-order valence-corrected chi connectivity index (χ0v) is 18.4. The van der Waals surface area contributed by atoms with Crippen molar-refractivity contribution >= 4 is 49.0 Å². The molecule has 0 spiro atoms. The lowest BCUT2D eigenvalue weighted by Crippen LogP contribution is -2.55. The standard InChI is InChI=1S/C16H31N5O2.3ClH/c1-16(2,3)18-14(22)12-20-8-10-21(11-9-20)15(23)13-19-6-4-17-5-7-19;;;/h17H,4-13H2,1-3H3,(H,18,22);3*1H. The summed E-state index contributed by atoms with van der Waals surface area (Å²) in [5.41, 5.74) is -0.196. The van der Waals surface area contributed by atoms with E-state index >= 15 is 0 Å². The van der Waals surface area contributed by atoms with Crippen molar-refractivity contribution in [2.45, 2.75) is 26.3 Å². The number of halogens is 3. The second-order valence-electron chi connectivity index (χ2n) is 7.48. The Morgan fingerprint density at radius 1 is 0.846 bits per heavy atom. The lowest BCUT2D eigenvalue weighted by molar-refractivity contribution is -0.134. The largest absolute Gasteiger partial charge is 0.350 e. The van der Waals surface area contributed by atoms with Crippen molar-refractivity contribution in [3.8, 4) is 0 Å². The molecule has 0 aromatic heterocycles. The topological polar surface area (TPSA) is 67.9 Å². The van der Waals surface area contributed by atoms with Gasteiger partial charge >= 0.3 is 0 Å². The minimum Gasteiger partial charge on any atom is -0.350 e. The highest BCUT2D eigenvalue weighted by Crippen LogP contribution is 2.05. The second-order valence-corrected chi connectivity index (χ2v) is 7.48. The fraction of sp³-hybridized carbons (Fsp3) is 0.875. The Morgan fingerprint density at radius 3 is 1.85 bits per heavy atom. The van der Waals surface area contributed by atoms with E-state index in [9.17, 15) is 9.59 Å². The molecule has 7 nitrogen and oxygen atoms in total. The molecular weight excluding hydrogens is 401 g/mol. The Bertz CT molecular complexity index is 421. The lowest BCUT2D eigenvalue weighted by Gasteiger charge is -2.36. The first-order valence-electron chi connectivity index (χ1n) is 8.58. The van der Waals surface area contributed by atoms with Crippen molar-refractivity contribution in [1.82, 2.24) is 25.3 Å². The quantitative estimate of drug-likeness (QED) is 0.662. The van der Waals surface area contributed by atoms with Crippen LogP contribution in [-0.2, 0) is 9.59 Å². The third kappa shape index (κ3) is 10.1. The maximum Gasteiger partial charge on any atom is 0.236 e. The van der Waals surface area contributed by atoms with Gasteiger partial charge in [0.2, 0.25) is 11.8 Å². The van der Waals surface area contributed by atoms with E-state index in [-0.39, 0.29) is 54.6 Å². The van der Waals surface area contributed by atoms with Crippen LogP contribution in [0.25, 0.3) is 0 Å². The van der Waals surface area contributed by atoms with Crippen LogP contribution in [0, 0.1) is 0 Å². The first-order chi connectivity index (χ1) is 10.8. The molecule has 10 heteroatoms. The highest BCUT2D eigenvalue weighted by Gasteiger charge is 2.25. The molecular formula is C16H34Cl3N5O2. The van der Waals surface area contributed by atoms with Crippen LogP contribution in [0.4, 0.5) is 0 Å². The number of rotatable bonds is 4. The van der Waals surface area contributed by atoms with Crippen LogP contribution >= 0.6 is 37.2 Å². The van der Waals surface area contributed by atoms with Gasteiger partial charge in [-0.1, -0.05) is 0 Å². The molecule has 2 N–H and O–H groups in total. The smallest absolute Gasteiger partial charge is 0.236 e. The summed E-state index contributed by atoms with van der Waals surface area (Å²) in [7, 11) is 0. The monoisotopic (exact) mass is 433 g/mol. The van der Waals surface area contributed by atoms with Crippen LogP contribution in [0.3, 0.4) is 0 Å². The van der Waals surface area contributed by atoms with E-state index in [1.165, 1.54) is 0 Å². The van der Waals surface area contributed by atoms with Gasteiger partial charge in [-0.25, -0.2) is 0 Å². The van der Waals surface area contributed by atoms with Crippen LogP contribution in [-0.4, -0.2) is 97.5 Å². The first kappa shape index (κ1) is 27.9. The third-order valence-corrected chi connectivity index (χ3v) is 4.18. The molecule has 26 heavy (non-hydrogen) atoms. The Labute approximate surface area is 175 Å². The molecule has 2 heterocycles. The summed E-state index contributed by atoms with van der Waals surface area (Å²) in [5.74, 6) is 0.267. The number of nitrogens with zero attached hydrogens (tertiary/aromatic N) is 3. The van der Waals surface area contributed by atoms with Crippen molar-refractivity contribution in [3.05, 3.63) is 0 Å². The molecule has 156 valence electrons. The molecule has 0 radical (unpaired) electrons. The van der Waals surface area contributed by atoms with Crippen LogP contribution in [0.15, 0.2) is 0 Å². The molecule has 2 fully saturated rings. The normalized spacial score (nSPS) is 18.8. The number of hydrogen-bond acceptors (Lipinski definition) is 5. The predicted molar refractivity (Wildman–Crippen MR) is 112 cm³/mol. The molecule has 0 unspecified atom stereocenters. The molecule has 0 aromatic rings. The third-order valence-electron chi connectivity index (χ3n) is 4.18. The molecule has 2 amide bonds. The molecule has 0 aliphatic carbocycles. The van der Waals surface area contributed by atoms with Gasteiger partial charge in [-0.3, -0.25) is 19.4 Å². The SMILES string of the molecule is CC(C)(C)NC(=O)CN1CCN(C(=O)CN2CCNCC2)CC1.Cl.Cl.Cl. The summed E-state index contributed by atoms with van der Waals surface area (Å²) in [6.45, 7) is 13.7. The lowest BCUT2D eigenvalue weighted by atomic mass is 10.1. The zero-order valence-electron chi connectivity index (χ0n) is 16.0. The summed E-state index contributed by atoms with van der Waals surface area (Å²) in [4.78, 5) is 30.6. The fourth-order valence-electron chi connectivity index (χ4n) is 2.98. The van der Waals surface area contributed by atoms with E-state index in [4.69, 9.17) is 0 Å².